The molecule has 242 valence electrons. The summed E-state index contributed by atoms with van der Waals surface area (Å²) in [6, 6.07) is 28.2. The summed E-state index contributed by atoms with van der Waals surface area (Å²) >= 11 is 3.52. The van der Waals surface area contributed by atoms with Gasteiger partial charge in [-0.1, -0.05) is 95.1 Å². The van der Waals surface area contributed by atoms with E-state index in [2.05, 4.69) is 21.2 Å². The number of anilines is 1. The summed E-state index contributed by atoms with van der Waals surface area (Å²) in [5.41, 5.74) is 4.60. The lowest BCUT2D eigenvalue weighted by molar-refractivity contribution is -0.140. The predicted octanol–water partition coefficient (Wildman–Crippen LogP) is 7.12. The van der Waals surface area contributed by atoms with Crippen LogP contribution in [0.1, 0.15) is 48.1 Å². The van der Waals surface area contributed by atoms with Gasteiger partial charge in [0.1, 0.15) is 12.6 Å². The minimum absolute atomic E-state index is 0.0840. The third-order valence-corrected chi connectivity index (χ3v) is 10.3. The monoisotopic (exact) mass is 703 g/mol. The lowest BCUT2D eigenvalue weighted by Gasteiger charge is -2.34. The highest BCUT2D eigenvalue weighted by atomic mass is 79.9. The minimum atomic E-state index is -4.17. The number of carbonyl (C=O) groups is 2. The van der Waals surface area contributed by atoms with Crippen molar-refractivity contribution in [3.05, 3.63) is 129 Å². The van der Waals surface area contributed by atoms with Gasteiger partial charge in [-0.2, -0.15) is 0 Å². The summed E-state index contributed by atoms with van der Waals surface area (Å²) in [6.07, 6.45) is 0.982. The molecule has 1 N–H and O–H groups in total. The van der Waals surface area contributed by atoms with Gasteiger partial charge in [-0.25, -0.2) is 8.42 Å². The molecule has 4 aromatic carbocycles. The second kappa shape index (κ2) is 15.6. The highest BCUT2D eigenvalue weighted by Crippen LogP contribution is 2.29. The third-order valence-electron chi connectivity index (χ3n) is 8.04. The summed E-state index contributed by atoms with van der Waals surface area (Å²) < 4.78 is 30.7. The second-order valence-corrected chi connectivity index (χ2v) is 14.6. The summed E-state index contributed by atoms with van der Waals surface area (Å²) in [5, 5.41) is 3.07. The van der Waals surface area contributed by atoms with Crippen molar-refractivity contribution >= 4 is 43.5 Å². The molecule has 46 heavy (non-hydrogen) atoms. The van der Waals surface area contributed by atoms with Gasteiger partial charge in [-0.15, -0.1) is 0 Å². The van der Waals surface area contributed by atoms with Crippen LogP contribution in [-0.2, 0) is 32.6 Å². The molecular weight excluding hydrogens is 662 g/mol. The number of benzene rings is 4. The highest BCUT2D eigenvalue weighted by Gasteiger charge is 2.35. The fraction of sp³-hybridized carbons (Fsp3) is 0.297. The normalized spacial score (nSPS) is 12.7. The van der Waals surface area contributed by atoms with E-state index in [1.807, 2.05) is 101 Å². The number of hydrogen-bond acceptors (Lipinski definition) is 4. The van der Waals surface area contributed by atoms with Crippen LogP contribution in [0.5, 0.6) is 0 Å². The van der Waals surface area contributed by atoms with E-state index in [-0.39, 0.29) is 29.8 Å². The molecule has 0 aliphatic rings. The third kappa shape index (κ3) is 8.85. The van der Waals surface area contributed by atoms with Gasteiger partial charge in [-0.3, -0.25) is 13.9 Å². The van der Waals surface area contributed by atoms with Crippen molar-refractivity contribution in [3.63, 3.8) is 0 Å². The van der Waals surface area contributed by atoms with Crippen LogP contribution in [-0.4, -0.2) is 43.8 Å². The van der Waals surface area contributed by atoms with Crippen LogP contribution in [0, 0.1) is 20.8 Å². The predicted molar refractivity (Wildman–Crippen MR) is 188 cm³/mol. The van der Waals surface area contributed by atoms with E-state index in [1.54, 1.807) is 30.3 Å². The maximum absolute atomic E-state index is 14.7. The molecule has 0 radical (unpaired) electrons. The highest BCUT2D eigenvalue weighted by molar-refractivity contribution is 9.10. The van der Waals surface area contributed by atoms with E-state index in [0.717, 1.165) is 33.1 Å². The van der Waals surface area contributed by atoms with Crippen molar-refractivity contribution in [2.24, 2.45) is 0 Å². The second-order valence-electron chi connectivity index (χ2n) is 11.8. The smallest absolute Gasteiger partial charge is 0.264 e. The summed E-state index contributed by atoms with van der Waals surface area (Å²) in [6.45, 7) is 9.13. The van der Waals surface area contributed by atoms with E-state index < -0.39 is 28.5 Å². The van der Waals surface area contributed by atoms with Gasteiger partial charge in [0.05, 0.1) is 10.6 Å². The maximum atomic E-state index is 14.7. The van der Waals surface area contributed by atoms with Gasteiger partial charge in [-0.05, 0) is 86.7 Å². The van der Waals surface area contributed by atoms with Gasteiger partial charge in [0.15, 0.2) is 0 Å². The first-order chi connectivity index (χ1) is 21.9. The first kappa shape index (κ1) is 34.9. The molecule has 0 saturated carbocycles. The maximum Gasteiger partial charge on any atom is 0.264 e. The molecule has 2 amide bonds. The number of hydrogen-bond donors (Lipinski definition) is 1. The standard InChI is InChI=1S/C37H42BrN3O4S/c1-6-29(5)39-37(43)35(23-30-11-8-7-9-12-30)40(24-31-13-10-14-32(38)22-31)36(42)25-41(34-21-27(3)15-18-28(34)4)46(44,45)33-19-16-26(2)17-20-33/h7-22,29,35H,6,23-25H2,1-5H3,(H,39,43)/t29-,35+/m0/s1. The van der Waals surface area contributed by atoms with E-state index in [0.29, 0.717) is 11.3 Å². The Bertz CT molecular complexity index is 1760. The summed E-state index contributed by atoms with van der Waals surface area (Å²) in [4.78, 5) is 30.2. The molecule has 0 saturated heterocycles. The Hall–Kier alpha value is -3.95. The average molecular weight is 705 g/mol. The number of nitrogens with one attached hydrogen (secondary N) is 1. The lowest BCUT2D eigenvalue weighted by atomic mass is 10.0. The van der Waals surface area contributed by atoms with Crippen molar-refractivity contribution in [1.82, 2.24) is 10.2 Å². The van der Waals surface area contributed by atoms with Gasteiger partial charge in [0, 0.05) is 23.5 Å². The number of aryl methyl sites for hydroxylation is 3. The Kier molecular flexibility index (Phi) is 11.8. The summed E-state index contributed by atoms with van der Waals surface area (Å²) in [7, 11) is -4.17. The quantitative estimate of drug-likeness (QED) is 0.161. The SMILES string of the molecule is CC[C@H](C)NC(=O)[C@@H](Cc1ccccc1)N(Cc1cccc(Br)c1)C(=O)CN(c1cc(C)ccc1C)S(=O)(=O)c1ccc(C)cc1. The number of halogens is 1. The zero-order valence-electron chi connectivity index (χ0n) is 27.0. The van der Waals surface area contributed by atoms with Crippen molar-refractivity contribution < 1.29 is 18.0 Å². The molecule has 7 nitrogen and oxygen atoms in total. The van der Waals surface area contributed by atoms with E-state index in [4.69, 9.17) is 0 Å². The lowest BCUT2D eigenvalue weighted by Crippen LogP contribution is -2.54. The van der Waals surface area contributed by atoms with Gasteiger partial charge < -0.3 is 10.2 Å². The van der Waals surface area contributed by atoms with Gasteiger partial charge in [0.2, 0.25) is 11.8 Å². The molecule has 0 aromatic heterocycles. The average Bonchev–Trinajstić information content (AvgIpc) is 3.03. The molecule has 0 unspecified atom stereocenters. The Balaban J connectivity index is 1.84. The molecule has 0 heterocycles. The molecule has 2 atom stereocenters. The van der Waals surface area contributed by atoms with E-state index in [9.17, 15) is 18.0 Å². The zero-order chi connectivity index (χ0) is 33.4. The van der Waals surface area contributed by atoms with Crippen molar-refractivity contribution in [1.29, 1.82) is 0 Å². The number of rotatable bonds is 13. The first-order valence-electron chi connectivity index (χ1n) is 15.4. The number of amides is 2. The molecule has 0 bridgehead atoms. The van der Waals surface area contributed by atoms with Gasteiger partial charge in [0.25, 0.3) is 10.0 Å². The van der Waals surface area contributed by atoms with E-state index >= 15 is 0 Å². The zero-order valence-corrected chi connectivity index (χ0v) is 29.4. The molecular formula is C37H42BrN3O4S. The molecule has 4 aromatic rings. The Morgan fingerprint density at radius 3 is 2.13 bits per heavy atom. The molecule has 0 spiro atoms. The summed E-state index contributed by atoms with van der Waals surface area (Å²) in [5.74, 6) is -0.780. The topological polar surface area (TPSA) is 86.8 Å². The molecule has 9 heteroatoms. The number of nitrogens with zero attached hydrogens (tertiary/aromatic N) is 2. The van der Waals surface area contributed by atoms with Crippen LogP contribution < -0.4 is 9.62 Å². The van der Waals surface area contributed by atoms with Crippen LogP contribution in [0.25, 0.3) is 0 Å². The van der Waals surface area contributed by atoms with Crippen molar-refractivity contribution in [2.45, 2.75) is 71.0 Å². The van der Waals surface area contributed by atoms with Crippen LogP contribution in [0.15, 0.2) is 106 Å². The van der Waals surface area contributed by atoms with Gasteiger partial charge >= 0.3 is 0 Å². The van der Waals surface area contributed by atoms with Crippen LogP contribution in [0.2, 0.25) is 0 Å². The number of sulfonamides is 1. The molecule has 0 aliphatic carbocycles. The number of carbonyl (C=O) groups excluding carboxylic acids is 2. The Morgan fingerprint density at radius 1 is 0.826 bits per heavy atom. The van der Waals surface area contributed by atoms with Crippen LogP contribution in [0.4, 0.5) is 5.69 Å². The molecule has 0 aliphatic heterocycles. The minimum Gasteiger partial charge on any atom is -0.352 e. The Morgan fingerprint density at radius 2 is 1.48 bits per heavy atom. The fourth-order valence-electron chi connectivity index (χ4n) is 5.17. The largest absolute Gasteiger partial charge is 0.352 e. The fourth-order valence-corrected chi connectivity index (χ4v) is 7.08. The molecule has 4 rings (SSSR count). The van der Waals surface area contributed by atoms with Crippen molar-refractivity contribution in [2.75, 3.05) is 10.8 Å². The van der Waals surface area contributed by atoms with E-state index in [1.165, 1.54) is 9.21 Å². The Labute approximate surface area is 281 Å². The van der Waals surface area contributed by atoms with Crippen LogP contribution in [0.3, 0.4) is 0 Å². The van der Waals surface area contributed by atoms with Crippen LogP contribution >= 0.6 is 15.9 Å². The van der Waals surface area contributed by atoms with Crippen molar-refractivity contribution in [3.8, 4) is 0 Å². The first-order valence-corrected chi connectivity index (χ1v) is 17.7. The molecule has 0 fully saturated rings.